The largest absolute Gasteiger partial charge is 0.493 e. The van der Waals surface area contributed by atoms with Crippen molar-refractivity contribution in [2.24, 2.45) is 0 Å². The van der Waals surface area contributed by atoms with E-state index in [2.05, 4.69) is 15.6 Å². The molecule has 2 N–H and O–H groups in total. The van der Waals surface area contributed by atoms with E-state index in [4.69, 9.17) is 9.47 Å². The van der Waals surface area contributed by atoms with E-state index in [-0.39, 0.29) is 17.4 Å². The van der Waals surface area contributed by atoms with Crippen molar-refractivity contribution in [3.8, 4) is 11.5 Å². The standard InChI is InChI=1S/C20H22N4O4/c1-4-10-21-19(25)17-14-7-5-6-11-24(14)18(23-17)20(26)22-13-8-9-15(27-2)16(12-13)28-3/h5-9,11-12H,4,10H2,1-3H3,(H,21,25)(H,22,26). The number of amides is 2. The Kier molecular flexibility index (Phi) is 5.78. The van der Waals surface area contributed by atoms with E-state index in [1.807, 2.05) is 6.92 Å². The Morgan fingerprint density at radius 1 is 1.07 bits per heavy atom. The molecule has 28 heavy (non-hydrogen) atoms. The van der Waals surface area contributed by atoms with Crippen molar-refractivity contribution in [1.29, 1.82) is 0 Å². The first-order valence-electron chi connectivity index (χ1n) is 8.87. The molecular formula is C20H22N4O4. The molecule has 2 heterocycles. The van der Waals surface area contributed by atoms with Crippen molar-refractivity contribution in [3.05, 3.63) is 54.1 Å². The van der Waals surface area contributed by atoms with Gasteiger partial charge in [-0.1, -0.05) is 13.0 Å². The summed E-state index contributed by atoms with van der Waals surface area (Å²) in [5.74, 6) is 0.417. The number of pyridine rings is 1. The van der Waals surface area contributed by atoms with Crippen LogP contribution in [0.2, 0.25) is 0 Å². The maximum absolute atomic E-state index is 12.8. The van der Waals surface area contributed by atoms with Crippen LogP contribution in [0, 0.1) is 0 Å². The number of nitrogens with zero attached hydrogens (tertiary/aromatic N) is 2. The monoisotopic (exact) mass is 382 g/mol. The lowest BCUT2D eigenvalue weighted by molar-refractivity contribution is 0.0951. The van der Waals surface area contributed by atoms with Gasteiger partial charge < -0.3 is 20.1 Å². The van der Waals surface area contributed by atoms with Gasteiger partial charge in [-0.3, -0.25) is 14.0 Å². The minimum absolute atomic E-state index is 0.118. The SMILES string of the molecule is CCCNC(=O)c1nc(C(=O)Nc2ccc(OC)c(OC)c2)n2ccccc12. The number of ether oxygens (including phenoxy) is 2. The molecule has 0 saturated carbocycles. The fourth-order valence-electron chi connectivity index (χ4n) is 2.79. The number of hydrogen-bond acceptors (Lipinski definition) is 5. The van der Waals surface area contributed by atoms with Gasteiger partial charge in [-0.25, -0.2) is 4.98 Å². The molecule has 0 atom stereocenters. The summed E-state index contributed by atoms with van der Waals surface area (Å²) in [4.78, 5) is 29.5. The number of benzene rings is 1. The molecule has 3 rings (SSSR count). The van der Waals surface area contributed by atoms with Gasteiger partial charge in [0.25, 0.3) is 11.8 Å². The van der Waals surface area contributed by atoms with Crippen LogP contribution in [-0.4, -0.2) is 42.0 Å². The lowest BCUT2D eigenvalue weighted by Gasteiger charge is -2.10. The normalized spacial score (nSPS) is 10.5. The molecule has 0 aliphatic heterocycles. The maximum atomic E-state index is 12.8. The number of fused-ring (bicyclic) bond motifs is 1. The van der Waals surface area contributed by atoms with Crippen LogP contribution in [0.1, 0.15) is 34.5 Å². The number of methoxy groups -OCH3 is 2. The van der Waals surface area contributed by atoms with Gasteiger partial charge in [-0.05, 0) is 30.7 Å². The summed E-state index contributed by atoms with van der Waals surface area (Å²) in [6.45, 7) is 2.51. The third-order valence-electron chi connectivity index (χ3n) is 4.14. The van der Waals surface area contributed by atoms with Crippen molar-refractivity contribution in [3.63, 3.8) is 0 Å². The zero-order valence-electron chi connectivity index (χ0n) is 16.0. The number of nitrogens with one attached hydrogen (secondary N) is 2. The molecule has 0 spiro atoms. The lowest BCUT2D eigenvalue weighted by atomic mass is 10.2. The Morgan fingerprint density at radius 3 is 2.57 bits per heavy atom. The summed E-state index contributed by atoms with van der Waals surface area (Å²) in [6, 6.07) is 10.4. The van der Waals surface area contributed by atoms with Gasteiger partial charge in [0.1, 0.15) is 0 Å². The molecule has 8 nitrogen and oxygen atoms in total. The van der Waals surface area contributed by atoms with Gasteiger partial charge in [0.2, 0.25) is 5.82 Å². The molecule has 0 saturated heterocycles. The van der Waals surface area contributed by atoms with Gasteiger partial charge in [0, 0.05) is 24.5 Å². The van der Waals surface area contributed by atoms with Crippen molar-refractivity contribution >= 4 is 23.0 Å². The molecule has 2 aromatic heterocycles. The van der Waals surface area contributed by atoms with E-state index in [0.717, 1.165) is 6.42 Å². The summed E-state index contributed by atoms with van der Waals surface area (Å²) < 4.78 is 12.1. The first-order chi connectivity index (χ1) is 13.6. The van der Waals surface area contributed by atoms with Crippen LogP contribution in [0.5, 0.6) is 11.5 Å². The summed E-state index contributed by atoms with van der Waals surface area (Å²) in [5.41, 5.74) is 1.30. The van der Waals surface area contributed by atoms with Gasteiger partial charge in [-0.15, -0.1) is 0 Å². The highest BCUT2D eigenvalue weighted by Gasteiger charge is 2.21. The second-order valence-corrected chi connectivity index (χ2v) is 6.02. The van der Waals surface area contributed by atoms with E-state index in [9.17, 15) is 9.59 Å². The Hall–Kier alpha value is -3.55. The quantitative estimate of drug-likeness (QED) is 0.655. The van der Waals surface area contributed by atoms with Crippen LogP contribution in [0.25, 0.3) is 5.52 Å². The highest BCUT2D eigenvalue weighted by Crippen LogP contribution is 2.30. The van der Waals surface area contributed by atoms with E-state index < -0.39 is 5.91 Å². The predicted octanol–water partition coefficient (Wildman–Crippen LogP) is 2.74. The zero-order chi connectivity index (χ0) is 20.1. The summed E-state index contributed by atoms with van der Waals surface area (Å²) in [6.07, 6.45) is 2.51. The molecule has 0 bridgehead atoms. The minimum atomic E-state index is -0.442. The second kappa shape index (κ2) is 8.43. The van der Waals surface area contributed by atoms with E-state index in [1.165, 1.54) is 14.2 Å². The number of carbonyl (C=O) groups is 2. The number of imidazole rings is 1. The first kappa shape index (κ1) is 19.2. The molecule has 1 aromatic carbocycles. The summed E-state index contributed by atoms with van der Waals surface area (Å²) in [7, 11) is 3.06. The second-order valence-electron chi connectivity index (χ2n) is 6.02. The van der Waals surface area contributed by atoms with Crippen molar-refractivity contribution < 1.29 is 19.1 Å². The van der Waals surface area contributed by atoms with Crippen molar-refractivity contribution in [1.82, 2.24) is 14.7 Å². The Morgan fingerprint density at radius 2 is 1.86 bits per heavy atom. The van der Waals surface area contributed by atoms with E-state index in [1.54, 1.807) is 47.0 Å². The zero-order valence-corrected chi connectivity index (χ0v) is 16.0. The molecule has 2 amide bonds. The smallest absolute Gasteiger partial charge is 0.292 e. The molecule has 8 heteroatoms. The molecule has 0 aliphatic rings. The van der Waals surface area contributed by atoms with Gasteiger partial charge in [0.05, 0.1) is 19.7 Å². The first-order valence-corrected chi connectivity index (χ1v) is 8.87. The van der Waals surface area contributed by atoms with E-state index >= 15 is 0 Å². The van der Waals surface area contributed by atoms with Gasteiger partial charge in [0.15, 0.2) is 17.2 Å². The topological polar surface area (TPSA) is 94.0 Å². The molecule has 0 aliphatic carbocycles. The molecule has 3 aromatic rings. The van der Waals surface area contributed by atoms with Crippen LogP contribution in [-0.2, 0) is 0 Å². The Bertz CT molecular complexity index is 1010. The number of anilines is 1. The minimum Gasteiger partial charge on any atom is -0.493 e. The third kappa shape index (κ3) is 3.75. The molecule has 0 fully saturated rings. The molecule has 0 radical (unpaired) electrons. The van der Waals surface area contributed by atoms with Crippen LogP contribution in [0.15, 0.2) is 42.6 Å². The molecular weight excluding hydrogens is 360 g/mol. The third-order valence-corrected chi connectivity index (χ3v) is 4.14. The van der Waals surface area contributed by atoms with Crippen molar-refractivity contribution in [2.75, 3.05) is 26.1 Å². The highest BCUT2D eigenvalue weighted by atomic mass is 16.5. The Labute approximate surface area is 162 Å². The average Bonchev–Trinajstić information content (AvgIpc) is 3.12. The molecule has 146 valence electrons. The summed E-state index contributed by atoms with van der Waals surface area (Å²) >= 11 is 0. The number of carbonyl (C=O) groups excluding carboxylic acids is 2. The Balaban J connectivity index is 1.93. The van der Waals surface area contributed by atoms with Crippen LogP contribution < -0.4 is 20.1 Å². The predicted molar refractivity (Wildman–Crippen MR) is 105 cm³/mol. The van der Waals surface area contributed by atoms with Crippen molar-refractivity contribution in [2.45, 2.75) is 13.3 Å². The molecule has 0 unspecified atom stereocenters. The number of hydrogen-bond donors (Lipinski definition) is 2. The average molecular weight is 382 g/mol. The number of aromatic nitrogens is 2. The van der Waals surface area contributed by atoms with Crippen LogP contribution >= 0.6 is 0 Å². The highest BCUT2D eigenvalue weighted by molar-refractivity contribution is 6.06. The lowest BCUT2D eigenvalue weighted by Crippen LogP contribution is -2.24. The van der Waals surface area contributed by atoms with Gasteiger partial charge in [-0.2, -0.15) is 0 Å². The fraction of sp³-hybridized carbons (Fsp3) is 0.250. The van der Waals surface area contributed by atoms with E-state index in [0.29, 0.717) is 29.2 Å². The number of rotatable bonds is 7. The summed E-state index contributed by atoms with van der Waals surface area (Å²) in [5, 5.41) is 5.58. The van der Waals surface area contributed by atoms with Crippen LogP contribution in [0.3, 0.4) is 0 Å². The maximum Gasteiger partial charge on any atom is 0.292 e. The van der Waals surface area contributed by atoms with Gasteiger partial charge >= 0.3 is 0 Å². The fourth-order valence-corrected chi connectivity index (χ4v) is 2.79. The van der Waals surface area contributed by atoms with Crippen LogP contribution in [0.4, 0.5) is 5.69 Å².